The molecule has 0 aliphatic rings. The van der Waals surface area contributed by atoms with Crippen LogP contribution in [0.2, 0.25) is 0 Å². The Labute approximate surface area is 123 Å². The fraction of sp³-hybridized carbons (Fsp3) is 0.0909. The summed E-state index contributed by atoms with van der Waals surface area (Å²) in [5.41, 5.74) is 3.34. The van der Waals surface area contributed by atoms with Crippen molar-refractivity contribution in [3.63, 3.8) is 0 Å². The highest BCUT2D eigenvalue weighted by molar-refractivity contribution is 7.99. The zero-order valence-corrected chi connectivity index (χ0v) is 12.1. The minimum Gasteiger partial charge on any atom is -0.308 e. The van der Waals surface area contributed by atoms with E-state index in [0.29, 0.717) is 11.0 Å². The first-order valence-electron chi connectivity index (χ1n) is 5.67. The molecule has 0 atom stereocenters. The normalized spacial score (nSPS) is 10.9. The summed E-state index contributed by atoms with van der Waals surface area (Å²) in [7, 11) is 0. The maximum absolute atomic E-state index is 5.41. The van der Waals surface area contributed by atoms with Gasteiger partial charge in [-0.15, -0.1) is 10.2 Å². The lowest BCUT2D eigenvalue weighted by Crippen LogP contribution is -2.09. The molecule has 0 fully saturated rings. The predicted octanol–water partition coefficient (Wildman–Crippen LogP) is 1.68. The summed E-state index contributed by atoms with van der Waals surface area (Å²) in [5.74, 6) is 5.98. The van der Waals surface area contributed by atoms with Gasteiger partial charge in [-0.2, -0.15) is 0 Å². The molecule has 0 aromatic carbocycles. The molecule has 0 radical (unpaired) electrons. The second kappa shape index (κ2) is 5.65. The first-order valence-corrected chi connectivity index (χ1v) is 7.71. The molecule has 0 spiro atoms. The van der Waals surface area contributed by atoms with Gasteiger partial charge < -0.3 is 5.43 Å². The number of hydrogen-bond donors (Lipinski definition) is 2. The van der Waals surface area contributed by atoms with E-state index >= 15 is 0 Å². The van der Waals surface area contributed by atoms with Crippen LogP contribution in [0.25, 0.3) is 5.65 Å². The van der Waals surface area contributed by atoms with Gasteiger partial charge in [0.2, 0.25) is 5.16 Å². The quantitative estimate of drug-likeness (QED) is 0.247. The van der Waals surface area contributed by atoms with E-state index in [4.69, 9.17) is 5.84 Å². The van der Waals surface area contributed by atoms with Crippen LogP contribution in [0.1, 0.15) is 0 Å². The molecule has 3 heterocycles. The maximum atomic E-state index is 5.41. The third-order valence-electron chi connectivity index (χ3n) is 2.49. The second-order valence-electron chi connectivity index (χ2n) is 3.74. The van der Waals surface area contributed by atoms with Gasteiger partial charge in [-0.3, -0.25) is 4.40 Å². The monoisotopic (exact) mass is 305 g/mol. The largest absolute Gasteiger partial charge is 0.308 e. The zero-order chi connectivity index (χ0) is 13.9. The van der Waals surface area contributed by atoms with Gasteiger partial charge in [-0.1, -0.05) is 17.8 Å². The van der Waals surface area contributed by atoms with E-state index in [1.807, 2.05) is 35.1 Å². The standard InChI is InChI=1S/C11H11N7S2/c1-19-10-13-7(15-12)6-9(14-10)20-11-17-16-8-4-2-3-5-18(8)11/h2-6H,12H2,1H3,(H,13,14,15). The molecule has 9 heteroatoms. The number of nitrogens with zero attached hydrogens (tertiary/aromatic N) is 5. The molecule has 0 aliphatic carbocycles. The third-order valence-corrected chi connectivity index (χ3v) is 3.92. The zero-order valence-electron chi connectivity index (χ0n) is 10.5. The van der Waals surface area contributed by atoms with Crippen LogP contribution in [0.4, 0.5) is 5.82 Å². The van der Waals surface area contributed by atoms with Gasteiger partial charge >= 0.3 is 0 Å². The topological polar surface area (TPSA) is 94.0 Å². The molecule has 0 bridgehead atoms. The average molecular weight is 305 g/mol. The Kier molecular flexibility index (Phi) is 3.72. The van der Waals surface area contributed by atoms with E-state index in [2.05, 4.69) is 25.6 Å². The number of hydrogen-bond acceptors (Lipinski definition) is 8. The van der Waals surface area contributed by atoms with Crippen molar-refractivity contribution in [1.82, 2.24) is 24.6 Å². The Morgan fingerprint density at radius 2 is 2.15 bits per heavy atom. The van der Waals surface area contributed by atoms with Crippen LogP contribution >= 0.6 is 23.5 Å². The Morgan fingerprint density at radius 1 is 1.25 bits per heavy atom. The van der Waals surface area contributed by atoms with Crippen LogP contribution in [-0.2, 0) is 0 Å². The summed E-state index contributed by atoms with van der Waals surface area (Å²) in [4.78, 5) is 8.64. The molecule has 0 aliphatic heterocycles. The minimum absolute atomic E-state index is 0.570. The smallest absolute Gasteiger partial charge is 0.201 e. The number of nitrogens with two attached hydrogens (primary N) is 1. The lowest BCUT2D eigenvalue weighted by Gasteiger charge is -2.04. The molecule has 102 valence electrons. The van der Waals surface area contributed by atoms with Crippen LogP contribution < -0.4 is 11.3 Å². The van der Waals surface area contributed by atoms with E-state index in [9.17, 15) is 0 Å². The first kappa shape index (κ1) is 13.2. The molecule has 3 N–H and O–H groups in total. The number of thioether (sulfide) groups is 1. The summed E-state index contributed by atoms with van der Waals surface area (Å²) in [6, 6.07) is 7.53. The Hall–Kier alpha value is -1.84. The lowest BCUT2D eigenvalue weighted by atomic mass is 10.5. The predicted molar refractivity (Wildman–Crippen MR) is 78.7 cm³/mol. The third kappa shape index (κ3) is 2.55. The highest BCUT2D eigenvalue weighted by Gasteiger charge is 2.10. The van der Waals surface area contributed by atoms with Crippen molar-refractivity contribution >= 4 is 35.0 Å². The lowest BCUT2D eigenvalue weighted by molar-refractivity contribution is 0.877. The molecular formula is C11H11N7S2. The van der Waals surface area contributed by atoms with E-state index in [1.54, 1.807) is 6.07 Å². The Balaban J connectivity index is 1.98. The number of anilines is 1. The highest BCUT2D eigenvalue weighted by atomic mass is 32.2. The number of hydrazine groups is 1. The second-order valence-corrected chi connectivity index (χ2v) is 5.50. The summed E-state index contributed by atoms with van der Waals surface area (Å²) >= 11 is 2.87. The molecule has 3 aromatic rings. The number of nitrogen functional groups attached to an aromatic ring is 1. The fourth-order valence-corrected chi connectivity index (χ4v) is 2.87. The van der Waals surface area contributed by atoms with Crippen molar-refractivity contribution in [2.75, 3.05) is 11.7 Å². The summed E-state index contributed by atoms with van der Waals surface area (Å²) in [5, 5.41) is 10.4. The van der Waals surface area contributed by atoms with Crippen molar-refractivity contribution < 1.29 is 0 Å². The summed E-state index contributed by atoms with van der Waals surface area (Å²) in [6.07, 6.45) is 3.83. The maximum Gasteiger partial charge on any atom is 0.201 e. The van der Waals surface area contributed by atoms with E-state index in [1.165, 1.54) is 23.5 Å². The van der Waals surface area contributed by atoms with Gasteiger partial charge in [-0.25, -0.2) is 15.8 Å². The van der Waals surface area contributed by atoms with Crippen molar-refractivity contribution in [1.29, 1.82) is 0 Å². The van der Waals surface area contributed by atoms with Gasteiger partial charge in [-0.05, 0) is 30.2 Å². The van der Waals surface area contributed by atoms with Crippen LogP contribution in [-0.4, -0.2) is 30.8 Å². The Bertz CT molecular complexity index is 720. The molecule has 3 rings (SSSR count). The number of pyridine rings is 1. The van der Waals surface area contributed by atoms with Crippen molar-refractivity contribution in [2.45, 2.75) is 15.3 Å². The highest BCUT2D eigenvalue weighted by Crippen LogP contribution is 2.27. The van der Waals surface area contributed by atoms with Gasteiger partial charge in [0.25, 0.3) is 0 Å². The summed E-state index contributed by atoms with van der Waals surface area (Å²) < 4.78 is 1.90. The number of aromatic nitrogens is 5. The van der Waals surface area contributed by atoms with Gasteiger partial charge in [0.15, 0.2) is 10.8 Å². The van der Waals surface area contributed by atoms with Crippen molar-refractivity contribution in [3.8, 4) is 0 Å². The molecule has 20 heavy (non-hydrogen) atoms. The van der Waals surface area contributed by atoms with Crippen molar-refractivity contribution in [3.05, 3.63) is 30.5 Å². The van der Waals surface area contributed by atoms with Crippen LogP contribution in [0, 0.1) is 0 Å². The van der Waals surface area contributed by atoms with Crippen LogP contribution in [0.15, 0.2) is 45.8 Å². The number of rotatable bonds is 4. The number of fused-ring (bicyclic) bond motifs is 1. The van der Waals surface area contributed by atoms with Gasteiger partial charge in [0.1, 0.15) is 10.8 Å². The van der Waals surface area contributed by atoms with E-state index < -0.39 is 0 Å². The van der Waals surface area contributed by atoms with Crippen molar-refractivity contribution in [2.24, 2.45) is 5.84 Å². The fourth-order valence-electron chi connectivity index (χ4n) is 1.60. The molecule has 0 saturated heterocycles. The van der Waals surface area contributed by atoms with E-state index in [-0.39, 0.29) is 0 Å². The van der Waals surface area contributed by atoms with Gasteiger partial charge in [0, 0.05) is 12.3 Å². The van der Waals surface area contributed by atoms with Gasteiger partial charge in [0.05, 0.1) is 0 Å². The first-order chi connectivity index (χ1) is 9.80. The number of nitrogens with one attached hydrogen (secondary N) is 1. The SMILES string of the molecule is CSc1nc(NN)cc(Sc2nnc3ccccn23)n1. The van der Waals surface area contributed by atoms with Crippen LogP contribution in [0.3, 0.4) is 0 Å². The van der Waals surface area contributed by atoms with E-state index in [0.717, 1.165) is 15.8 Å². The molecule has 0 unspecified atom stereocenters. The summed E-state index contributed by atoms with van der Waals surface area (Å²) in [6.45, 7) is 0. The molecule has 7 nitrogen and oxygen atoms in total. The van der Waals surface area contributed by atoms with Crippen LogP contribution in [0.5, 0.6) is 0 Å². The molecule has 0 amide bonds. The molecule has 0 saturated carbocycles. The molecule has 3 aromatic heterocycles. The molecular weight excluding hydrogens is 294 g/mol. The Morgan fingerprint density at radius 3 is 2.95 bits per heavy atom. The average Bonchev–Trinajstić information content (AvgIpc) is 2.90. The minimum atomic E-state index is 0.570.